The molecule has 32 heavy (non-hydrogen) atoms. The summed E-state index contributed by atoms with van der Waals surface area (Å²) in [7, 11) is 2.97. The molecule has 1 fully saturated rings. The van der Waals surface area contributed by atoms with Gasteiger partial charge in [-0.3, -0.25) is 9.59 Å². The Kier molecular flexibility index (Phi) is 5.87. The first-order chi connectivity index (χ1) is 15.4. The molecule has 1 aliphatic rings. The van der Waals surface area contributed by atoms with Gasteiger partial charge in [-0.05, 0) is 47.3 Å². The van der Waals surface area contributed by atoms with Gasteiger partial charge in [0.15, 0.2) is 11.5 Å². The van der Waals surface area contributed by atoms with Gasteiger partial charge < -0.3 is 24.6 Å². The van der Waals surface area contributed by atoms with E-state index in [0.717, 1.165) is 4.88 Å². The van der Waals surface area contributed by atoms with Gasteiger partial charge in [0.1, 0.15) is 11.5 Å². The molecule has 1 aromatic heterocycles. The number of likely N-dealkylation sites (tertiary alicyclic amines) is 1. The predicted octanol–water partition coefficient (Wildman–Crippen LogP) is 4.09. The highest BCUT2D eigenvalue weighted by Crippen LogP contribution is 2.42. The van der Waals surface area contributed by atoms with Gasteiger partial charge in [0, 0.05) is 10.4 Å². The van der Waals surface area contributed by atoms with E-state index in [-0.39, 0.29) is 23.6 Å². The van der Waals surface area contributed by atoms with Crippen LogP contribution < -0.4 is 9.47 Å². The number of hydrogen-bond donors (Lipinski definition) is 2. The lowest BCUT2D eigenvalue weighted by atomic mass is 9.95. The number of Topliss-reactive ketones (excluding diaryl/α,β-unsaturated/α-hetero) is 1. The number of carbonyl (C=O) groups is 2. The number of ketones is 1. The molecule has 1 saturated heterocycles. The van der Waals surface area contributed by atoms with Crippen molar-refractivity contribution in [1.29, 1.82) is 0 Å². The number of aliphatic hydroxyl groups is 1. The zero-order valence-electron chi connectivity index (χ0n) is 17.4. The summed E-state index contributed by atoms with van der Waals surface area (Å²) in [5, 5.41) is 22.8. The fourth-order valence-corrected chi connectivity index (χ4v) is 4.46. The summed E-state index contributed by atoms with van der Waals surface area (Å²) < 4.78 is 10.5. The average Bonchev–Trinajstić information content (AvgIpc) is 3.41. The summed E-state index contributed by atoms with van der Waals surface area (Å²) in [6, 6.07) is 13.9. The van der Waals surface area contributed by atoms with Crippen LogP contribution in [0, 0.1) is 0 Å². The van der Waals surface area contributed by atoms with E-state index in [1.54, 1.807) is 30.3 Å². The highest BCUT2D eigenvalue weighted by atomic mass is 32.1. The van der Waals surface area contributed by atoms with Crippen molar-refractivity contribution in [2.45, 2.75) is 12.6 Å². The third kappa shape index (κ3) is 3.80. The molecule has 1 amide bonds. The summed E-state index contributed by atoms with van der Waals surface area (Å²) in [4.78, 5) is 28.4. The van der Waals surface area contributed by atoms with E-state index in [0.29, 0.717) is 22.6 Å². The van der Waals surface area contributed by atoms with E-state index >= 15 is 0 Å². The van der Waals surface area contributed by atoms with E-state index in [4.69, 9.17) is 9.47 Å². The van der Waals surface area contributed by atoms with Crippen LogP contribution >= 0.6 is 11.3 Å². The molecule has 2 aromatic carbocycles. The molecule has 3 aromatic rings. The van der Waals surface area contributed by atoms with Crippen molar-refractivity contribution in [1.82, 2.24) is 4.90 Å². The number of aliphatic hydroxyl groups excluding tert-OH is 1. The molecule has 0 saturated carbocycles. The fourth-order valence-electron chi connectivity index (χ4n) is 3.76. The van der Waals surface area contributed by atoms with Crippen LogP contribution in [0.5, 0.6) is 17.2 Å². The van der Waals surface area contributed by atoms with Gasteiger partial charge in [0.05, 0.1) is 32.4 Å². The molecule has 0 spiro atoms. The van der Waals surface area contributed by atoms with Gasteiger partial charge in [-0.1, -0.05) is 18.2 Å². The zero-order valence-corrected chi connectivity index (χ0v) is 18.3. The monoisotopic (exact) mass is 451 g/mol. The van der Waals surface area contributed by atoms with E-state index in [1.807, 2.05) is 17.5 Å². The Hall–Kier alpha value is -3.78. The SMILES string of the molecule is COc1ccc(/C(O)=C2/C(=O)C(=O)N(Cc3cccs3)C2c2ccc(O)cc2)cc1OC. The highest BCUT2D eigenvalue weighted by molar-refractivity contribution is 7.09. The standard InChI is InChI=1S/C24H21NO6S/c1-30-18-10-7-15(12-19(18)31-2)22(27)20-21(14-5-8-16(26)9-6-14)25(24(29)23(20)28)13-17-4-3-11-32-17/h3-12,21,26-27H,13H2,1-2H3/b22-20-. The first kappa shape index (κ1) is 21.5. The number of carbonyl (C=O) groups excluding carboxylic acids is 2. The summed E-state index contributed by atoms with van der Waals surface area (Å²) in [5.41, 5.74) is 0.894. The van der Waals surface area contributed by atoms with E-state index in [1.165, 1.54) is 42.6 Å². The van der Waals surface area contributed by atoms with Crippen molar-refractivity contribution in [3.8, 4) is 17.2 Å². The maximum absolute atomic E-state index is 13.1. The number of thiophene rings is 1. The van der Waals surface area contributed by atoms with E-state index in [9.17, 15) is 19.8 Å². The van der Waals surface area contributed by atoms with Gasteiger partial charge in [-0.25, -0.2) is 0 Å². The molecular formula is C24H21NO6S. The fraction of sp³-hybridized carbons (Fsp3) is 0.167. The molecule has 164 valence electrons. The molecule has 0 bridgehead atoms. The maximum Gasteiger partial charge on any atom is 0.295 e. The molecule has 7 nitrogen and oxygen atoms in total. The molecule has 8 heteroatoms. The number of hydrogen-bond acceptors (Lipinski definition) is 7. The largest absolute Gasteiger partial charge is 0.508 e. The lowest BCUT2D eigenvalue weighted by molar-refractivity contribution is -0.140. The molecule has 1 atom stereocenters. The third-order valence-electron chi connectivity index (χ3n) is 5.31. The van der Waals surface area contributed by atoms with Crippen molar-refractivity contribution in [2.24, 2.45) is 0 Å². The number of phenols is 1. The van der Waals surface area contributed by atoms with Crippen LogP contribution in [0.3, 0.4) is 0 Å². The number of benzene rings is 2. The minimum absolute atomic E-state index is 0.0236. The summed E-state index contributed by atoms with van der Waals surface area (Å²) in [6.07, 6.45) is 0. The topological polar surface area (TPSA) is 96.3 Å². The second-order valence-electron chi connectivity index (χ2n) is 7.17. The Morgan fingerprint density at radius 3 is 2.38 bits per heavy atom. The number of rotatable bonds is 6. The van der Waals surface area contributed by atoms with Gasteiger partial charge >= 0.3 is 0 Å². The first-order valence-corrected chi connectivity index (χ1v) is 10.6. The maximum atomic E-state index is 13.1. The van der Waals surface area contributed by atoms with Crippen LogP contribution in [0.15, 0.2) is 65.6 Å². The second-order valence-corrected chi connectivity index (χ2v) is 8.20. The van der Waals surface area contributed by atoms with Crippen molar-refractivity contribution >= 4 is 28.8 Å². The Morgan fingerprint density at radius 1 is 1.03 bits per heavy atom. The van der Waals surface area contributed by atoms with Crippen molar-refractivity contribution in [2.75, 3.05) is 14.2 Å². The number of phenolic OH excluding ortho intramolecular Hbond substituents is 1. The molecule has 4 rings (SSSR count). The Bertz CT molecular complexity index is 1180. The predicted molar refractivity (Wildman–Crippen MR) is 120 cm³/mol. The molecule has 0 radical (unpaired) electrons. The number of amides is 1. The second kappa shape index (κ2) is 8.76. The summed E-state index contributed by atoms with van der Waals surface area (Å²) in [5.74, 6) is -0.867. The molecule has 1 aliphatic heterocycles. The highest BCUT2D eigenvalue weighted by Gasteiger charge is 2.46. The molecule has 2 N–H and O–H groups in total. The summed E-state index contributed by atoms with van der Waals surface area (Å²) >= 11 is 1.47. The molecular weight excluding hydrogens is 430 g/mol. The Balaban J connectivity index is 1.87. The van der Waals surface area contributed by atoms with Crippen LogP contribution in [0.25, 0.3) is 5.76 Å². The normalized spacial score (nSPS) is 17.6. The number of aromatic hydroxyl groups is 1. The van der Waals surface area contributed by atoms with Gasteiger partial charge in [0.25, 0.3) is 11.7 Å². The van der Waals surface area contributed by atoms with Crippen molar-refractivity contribution in [3.05, 3.63) is 81.6 Å². The quantitative estimate of drug-likeness (QED) is 0.333. The van der Waals surface area contributed by atoms with Gasteiger partial charge in [0.2, 0.25) is 0 Å². The van der Waals surface area contributed by atoms with Gasteiger partial charge in [-0.2, -0.15) is 0 Å². The Labute approximate surface area is 188 Å². The van der Waals surface area contributed by atoms with Crippen LogP contribution in [0.1, 0.15) is 22.0 Å². The Morgan fingerprint density at radius 2 is 1.75 bits per heavy atom. The van der Waals surface area contributed by atoms with E-state index < -0.39 is 17.7 Å². The molecule has 1 unspecified atom stereocenters. The van der Waals surface area contributed by atoms with Crippen LogP contribution in [-0.2, 0) is 16.1 Å². The minimum atomic E-state index is -0.814. The number of methoxy groups -OCH3 is 2. The van der Waals surface area contributed by atoms with Crippen molar-refractivity contribution < 1.29 is 29.3 Å². The lowest BCUT2D eigenvalue weighted by Crippen LogP contribution is -2.28. The molecule has 2 heterocycles. The van der Waals surface area contributed by atoms with Crippen LogP contribution in [-0.4, -0.2) is 41.0 Å². The zero-order chi connectivity index (χ0) is 22.8. The van der Waals surface area contributed by atoms with E-state index in [2.05, 4.69) is 0 Å². The lowest BCUT2D eigenvalue weighted by Gasteiger charge is -2.25. The smallest absolute Gasteiger partial charge is 0.295 e. The van der Waals surface area contributed by atoms with Gasteiger partial charge in [-0.15, -0.1) is 11.3 Å². The van der Waals surface area contributed by atoms with Crippen molar-refractivity contribution in [3.63, 3.8) is 0 Å². The minimum Gasteiger partial charge on any atom is -0.508 e. The first-order valence-electron chi connectivity index (χ1n) is 9.76. The van der Waals surface area contributed by atoms with Crippen LogP contribution in [0.2, 0.25) is 0 Å². The molecule has 0 aliphatic carbocycles. The number of ether oxygens (including phenoxy) is 2. The third-order valence-corrected chi connectivity index (χ3v) is 6.17. The summed E-state index contributed by atoms with van der Waals surface area (Å²) in [6.45, 7) is 0.219. The average molecular weight is 452 g/mol. The van der Waals surface area contributed by atoms with Crippen LogP contribution in [0.4, 0.5) is 0 Å². The number of nitrogens with zero attached hydrogens (tertiary/aromatic N) is 1.